The van der Waals surface area contributed by atoms with Crippen LogP contribution in [0.2, 0.25) is 0 Å². The average Bonchev–Trinajstić information content (AvgIpc) is 2.79. The van der Waals surface area contributed by atoms with Crippen molar-refractivity contribution in [1.82, 2.24) is 0 Å². The number of anilines is 2. The summed E-state index contributed by atoms with van der Waals surface area (Å²) in [6.45, 7) is 1.24. The molecule has 11 nitrogen and oxygen atoms in total. The Morgan fingerprint density at radius 2 is 1.37 bits per heavy atom. The summed E-state index contributed by atoms with van der Waals surface area (Å²) in [6, 6.07) is 10.3. The van der Waals surface area contributed by atoms with Gasteiger partial charge in [0.25, 0.3) is 20.2 Å². The van der Waals surface area contributed by atoms with Crippen LogP contribution in [0.3, 0.4) is 0 Å². The first-order chi connectivity index (χ1) is 16.3. The zero-order valence-electron chi connectivity index (χ0n) is 18.1. The van der Waals surface area contributed by atoms with E-state index >= 15 is 0 Å². The molecule has 1 aliphatic carbocycles. The lowest BCUT2D eigenvalue weighted by atomic mass is 9.83. The maximum Gasteiger partial charge on any atom is 0.296 e. The summed E-state index contributed by atoms with van der Waals surface area (Å²) >= 11 is 0. The third-order valence-electron chi connectivity index (χ3n) is 5.58. The van der Waals surface area contributed by atoms with Crippen molar-refractivity contribution >= 4 is 43.2 Å². The number of benzene rings is 3. The van der Waals surface area contributed by atoms with Crippen molar-refractivity contribution in [3.8, 4) is 0 Å². The third-order valence-corrected chi connectivity index (χ3v) is 7.34. The highest BCUT2D eigenvalue weighted by molar-refractivity contribution is 7.86. The first kappa shape index (κ1) is 24.7. The third kappa shape index (κ3) is 4.03. The van der Waals surface area contributed by atoms with Crippen LogP contribution < -0.4 is 16.6 Å². The number of carbonyl (C=O) groups excluding carboxylic acids is 2. The highest BCUT2D eigenvalue weighted by Crippen LogP contribution is 2.42. The molecule has 0 saturated heterocycles. The van der Waals surface area contributed by atoms with Gasteiger partial charge in [-0.3, -0.25) is 23.7 Å². The number of rotatable bonds is 5. The minimum absolute atomic E-state index is 0.0369. The van der Waals surface area contributed by atoms with Crippen molar-refractivity contribution < 1.29 is 35.5 Å². The van der Waals surface area contributed by atoms with Crippen molar-refractivity contribution in [2.45, 2.75) is 23.3 Å². The van der Waals surface area contributed by atoms with E-state index in [1.54, 1.807) is 6.07 Å². The molecule has 13 heteroatoms. The molecule has 0 heterocycles. The minimum Gasteiger partial charge on any atom is -0.326 e. The van der Waals surface area contributed by atoms with E-state index in [4.69, 9.17) is 11.6 Å². The van der Waals surface area contributed by atoms with Crippen LogP contribution in [0.5, 0.6) is 0 Å². The molecule has 0 radical (unpaired) electrons. The molecule has 1 aliphatic rings. The van der Waals surface area contributed by atoms with Gasteiger partial charge >= 0.3 is 0 Å². The Morgan fingerprint density at radius 1 is 0.800 bits per heavy atom. The highest BCUT2D eigenvalue weighted by atomic mass is 32.2. The van der Waals surface area contributed by atoms with Gasteiger partial charge in [0, 0.05) is 23.2 Å². The second-order valence-corrected chi connectivity index (χ2v) is 10.6. The number of hydrogen-bond acceptors (Lipinski definition) is 9. The number of aryl methyl sites for hydroxylation is 1. The summed E-state index contributed by atoms with van der Waals surface area (Å²) in [5, 5.41) is 0.534. The van der Waals surface area contributed by atoms with E-state index in [0.717, 1.165) is 18.2 Å². The van der Waals surface area contributed by atoms with Gasteiger partial charge in [-0.25, -0.2) is 5.84 Å². The van der Waals surface area contributed by atoms with Crippen LogP contribution in [0, 0.1) is 6.92 Å². The molecule has 0 spiro atoms. The minimum atomic E-state index is -5.04. The normalized spacial score (nSPS) is 13.4. The lowest BCUT2D eigenvalue weighted by Crippen LogP contribution is -2.34. The number of fused-ring (bicyclic) bond motifs is 2. The Morgan fingerprint density at radius 3 is 1.91 bits per heavy atom. The van der Waals surface area contributed by atoms with Gasteiger partial charge in [0.2, 0.25) is 0 Å². The number of carbonyl (C=O) groups is 2. The van der Waals surface area contributed by atoms with E-state index in [0.29, 0.717) is 10.6 Å². The maximum atomic E-state index is 13.5. The lowest BCUT2D eigenvalue weighted by molar-refractivity contribution is 0.0979. The van der Waals surface area contributed by atoms with Crippen LogP contribution in [0.25, 0.3) is 0 Å². The van der Waals surface area contributed by atoms with Crippen molar-refractivity contribution in [3.05, 3.63) is 81.9 Å². The largest absolute Gasteiger partial charge is 0.326 e. The van der Waals surface area contributed by atoms with Crippen LogP contribution in [-0.2, 0) is 26.8 Å². The van der Waals surface area contributed by atoms with Gasteiger partial charge < -0.3 is 5.73 Å². The van der Waals surface area contributed by atoms with Crippen LogP contribution in [0.15, 0.2) is 58.3 Å². The smallest absolute Gasteiger partial charge is 0.296 e. The second-order valence-electron chi connectivity index (χ2n) is 7.83. The standard InChI is InChI=1S/C22H19N3O8S2/c1-11-8-12(10-23)19(17(9-11)35(31,32)33)25(24)20-16(34(28,29)30)7-6-15-18(20)22(27)14-5-3-2-4-13(14)21(15)26/h2-9H,10,23-24H2,1H3,(H,28,29,30)(H,31,32,33). The molecule has 0 aliphatic heterocycles. The van der Waals surface area contributed by atoms with E-state index in [1.165, 1.54) is 31.2 Å². The molecule has 0 atom stereocenters. The van der Waals surface area contributed by atoms with E-state index in [1.807, 2.05) is 0 Å². The predicted octanol–water partition coefficient (Wildman–Crippen LogP) is 1.73. The molecular formula is C22H19N3O8S2. The first-order valence-corrected chi connectivity index (χ1v) is 12.8. The molecule has 4 rings (SSSR count). The quantitative estimate of drug-likeness (QED) is 0.171. The molecule has 0 saturated carbocycles. The topological polar surface area (TPSA) is 198 Å². The van der Waals surface area contributed by atoms with Gasteiger partial charge in [-0.05, 0) is 36.2 Å². The van der Waals surface area contributed by atoms with E-state index in [-0.39, 0.29) is 28.8 Å². The molecule has 35 heavy (non-hydrogen) atoms. The van der Waals surface area contributed by atoms with Crippen molar-refractivity contribution in [2.24, 2.45) is 11.6 Å². The van der Waals surface area contributed by atoms with Crippen molar-refractivity contribution in [2.75, 3.05) is 5.01 Å². The summed E-state index contributed by atoms with van der Waals surface area (Å²) in [4.78, 5) is 25.0. The molecule has 182 valence electrons. The fourth-order valence-corrected chi connectivity index (χ4v) is 5.65. The maximum absolute atomic E-state index is 13.5. The Balaban J connectivity index is 2.15. The van der Waals surface area contributed by atoms with E-state index in [2.05, 4.69) is 0 Å². The molecule has 0 fully saturated rings. The fraction of sp³-hybridized carbons (Fsp3) is 0.0909. The Kier molecular flexibility index (Phi) is 5.87. The average molecular weight is 518 g/mol. The first-order valence-electron chi connectivity index (χ1n) is 9.96. The SMILES string of the molecule is Cc1cc(CN)c(N(N)c2c(S(=O)(=O)O)ccc3c2C(=O)c2ccccc2C3=O)c(S(=O)(=O)O)c1. The molecule has 0 bridgehead atoms. The highest BCUT2D eigenvalue weighted by Gasteiger charge is 2.37. The zero-order chi connectivity index (χ0) is 25.9. The summed E-state index contributed by atoms with van der Waals surface area (Å²) in [6.07, 6.45) is 0. The summed E-state index contributed by atoms with van der Waals surface area (Å²) in [5.41, 5.74) is 4.53. The van der Waals surface area contributed by atoms with Crippen molar-refractivity contribution in [1.29, 1.82) is 0 Å². The number of hydrogen-bond donors (Lipinski definition) is 4. The Hall–Kier alpha value is -3.46. The molecule has 0 aromatic heterocycles. The van der Waals surface area contributed by atoms with Gasteiger partial charge in [0.1, 0.15) is 9.79 Å². The molecule has 0 unspecified atom stereocenters. The summed E-state index contributed by atoms with van der Waals surface area (Å²) in [5.74, 6) is 4.87. The monoisotopic (exact) mass is 517 g/mol. The Bertz CT molecular complexity index is 1650. The van der Waals surface area contributed by atoms with Crippen LogP contribution in [-0.4, -0.2) is 37.5 Å². The summed E-state index contributed by atoms with van der Waals surface area (Å²) in [7, 11) is -9.97. The molecule has 3 aromatic rings. The van der Waals surface area contributed by atoms with E-state index < -0.39 is 58.5 Å². The van der Waals surface area contributed by atoms with Crippen LogP contribution >= 0.6 is 0 Å². The molecule has 6 N–H and O–H groups in total. The number of hydrazine groups is 1. The molecule has 3 aromatic carbocycles. The van der Waals surface area contributed by atoms with E-state index in [9.17, 15) is 35.5 Å². The van der Waals surface area contributed by atoms with Gasteiger partial charge in [-0.15, -0.1) is 0 Å². The van der Waals surface area contributed by atoms with Gasteiger partial charge in [-0.2, -0.15) is 16.8 Å². The zero-order valence-corrected chi connectivity index (χ0v) is 19.7. The Labute approximate surface area is 200 Å². The van der Waals surface area contributed by atoms with Crippen LogP contribution in [0.1, 0.15) is 43.0 Å². The van der Waals surface area contributed by atoms with Crippen molar-refractivity contribution in [3.63, 3.8) is 0 Å². The molecule has 0 amide bonds. The lowest BCUT2D eigenvalue weighted by Gasteiger charge is -2.29. The van der Waals surface area contributed by atoms with Gasteiger partial charge in [-0.1, -0.05) is 30.3 Å². The fourth-order valence-electron chi connectivity index (χ4n) is 4.15. The van der Waals surface area contributed by atoms with Gasteiger partial charge in [0.15, 0.2) is 11.6 Å². The second kappa shape index (κ2) is 8.34. The number of nitrogens with two attached hydrogens (primary N) is 2. The van der Waals surface area contributed by atoms with Gasteiger partial charge in [0.05, 0.1) is 16.9 Å². The molecular weight excluding hydrogens is 498 g/mol. The number of ketones is 2. The summed E-state index contributed by atoms with van der Waals surface area (Å²) < 4.78 is 68.8. The van der Waals surface area contributed by atoms with Crippen LogP contribution in [0.4, 0.5) is 11.4 Å². The predicted molar refractivity (Wildman–Crippen MR) is 125 cm³/mol. The number of nitrogens with zero attached hydrogens (tertiary/aromatic N) is 1.